The molecule has 0 aliphatic rings. The smallest absolute Gasteiger partial charge is 0.243 e. The Labute approximate surface area is 133 Å². The summed E-state index contributed by atoms with van der Waals surface area (Å²) in [5, 5.41) is 3.74. The summed E-state index contributed by atoms with van der Waals surface area (Å²) in [4.78, 5) is 9.85. The molecule has 0 bridgehead atoms. The van der Waals surface area contributed by atoms with E-state index in [-0.39, 0.29) is 0 Å². The van der Waals surface area contributed by atoms with Crippen molar-refractivity contribution in [2.45, 2.75) is 5.33 Å². The van der Waals surface area contributed by atoms with E-state index in [1.807, 2.05) is 46.3 Å². The van der Waals surface area contributed by atoms with Gasteiger partial charge in [0.25, 0.3) is 0 Å². The lowest BCUT2D eigenvalue weighted by molar-refractivity contribution is 0.460. The summed E-state index contributed by atoms with van der Waals surface area (Å²) in [6.07, 6.45) is 3.73. The van der Waals surface area contributed by atoms with Crippen LogP contribution in [0.5, 0.6) is 11.6 Å². The van der Waals surface area contributed by atoms with Gasteiger partial charge in [-0.3, -0.25) is 9.38 Å². The van der Waals surface area contributed by atoms with Crippen molar-refractivity contribution in [2.24, 2.45) is 0 Å². The van der Waals surface area contributed by atoms with E-state index in [9.17, 15) is 0 Å². The van der Waals surface area contributed by atoms with Crippen LogP contribution in [0.15, 0.2) is 48.1 Å². The van der Waals surface area contributed by atoms with Gasteiger partial charge >= 0.3 is 0 Å². The van der Waals surface area contributed by atoms with E-state index in [0.717, 1.165) is 21.6 Å². The van der Waals surface area contributed by atoms with Gasteiger partial charge in [-0.05, 0) is 12.1 Å². The molecule has 0 amide bonds. The van der Waals surface area contributed by atoms with Crippen molar-refractivity contribution in [3.63, 3.8) is 0 Å². The van der Waals surface area contributed by atoms with Gasteiger partial charge in [0.05, 0.1) is 17.4 Å². The molecule has 0 aliphatic carbocycles. The highest BCUT2D eigenvalue weighted by molar-refractivity contribution is 9.08. The van der Waals surface area contributed by atoms with Crippen LogP contribution in [0.1, 0.15) is 5.69 Å². The van der Waals surface area contributed by atoms with Crippen LogP contribution in [-0.4, -0.2) is 14.4 Å². The van der Waals surface area contributed by atoms with Crippen LogP contribution in [0, 0.1) is 0 Å². The average molecular weight is 360 g/mol. The predicted molar refractivity (Wildman–Crippen MR) is 87.5 cm³/mol. The fourth-order valence-corrected chi connectivity index (χ4v) is 3.47. The number of hydrogen-bond acceptors (Lipinski definition) is 4. The van der Waals surface area contributed by atoms with Crippen molar-refractivity contribution in [1.82, 2.24) is 14.4 Å². The number of pyridine rings is 1. The normalized spacial score (nSPS) is 11.3. The summed E-state index contributed by atoms with van der Waals surface area (Å²) in [5.74, 6) is 1.32. The van der Waals surface area contributed by atoms with Gasteiger partial charge in [0.2, 0.25) is 5.88 Å². The van der Waals surface area contributed by atoms with E-state index < -0.39 is 0 Å². The number of para-hydroxylation sites is 1. The Morgan fingerprint density at radius 1 is 1.29 bits per heavy atom. The van der Waals surface area contributed by atoms with Crippen molar-refractivity contribution in [3.05, 3.63) is 53.8 Å². The van der Waals surface area contributed by atoms with Crippen molar-refractivity contribution in [2.75, 3.05) is 0 Å². The third kappa shape index (κ3) is 2.20. The summed E-state index contributed by atoms with van der Waals surface area (Å²) in [5.41, 5.74) is 1.95. The van der Waals surface area contributed by atoms with E-state index >= 15 is 0 Å². The highest BCUT2D eigenvalue weighted by atomic mass is 79.9. The minimum absolute atomic E-state index is 0.621. The summed E-state index contributed by atoms with van der Waals surface area (Å²) in [6.45, 7) is 0. The fraction of sp³-hybridized carbons (Fsp3) is 0.0667. The van der Waals surface area contributed by atoms with Gasteiger partial charge in [-0.15, -0.1) is 11.3 Å². The molecule has 0 spiro atoms. The quantitative estimate of drug-likeness (QED) is 0.500. The van der Waals surface area contributed by atoms with E-state index in [1.165, 1.54) is 0 Å². The molecule has 104 valence electrons. The van der Waals surface area contributed by atoms with Gasteiger partial charge in [-0.1, -0.05) is 34.1 Å². The summed E-state index contributed by atoms with van der Waals surface area (Å²) in [7, 11) is 0. The van der Waals surface area contributed by atoms with Gasteiger partial charge in [0.15, 0.2) is 4.96 Å². The fourth-order valence-electron chi connectivity index (χ4n) is 2.23. The summed E-state index contributed by atoms with van der Waals surface area (Å²) < 4.78 is 7.97. The second kappa shape index (κ2) is 5.13. The maximum Gasteiger partial charge on any atom is 0.243 e. The largest absolute Gasteiger partial charge is 0.436 e. The van der Waals surface area contributed by atoms with Crippen molar-refractivity contribution < 1.29 is 4.74 Å². The van der Waals surface area contributed by atoms with E-state index in [4.69, 9.17) is 4.74 Å². The zero-order valence-corrected chi connectivity index (χ0v) is 13.3. The lowest BCUT2D eigenvalue weighted by Gasteiger charge is -2.05. The third-order valence-electron chi connectivity index (χ3n) is 3.23. The van der Waals surface area contributed by atoms with Crippen LogP contribution in [-0.2, 0) is 5.33 Å². The van der Waals surface area contributed by atoms with Crippen LogP contribution < -0.4 is 4.74 Å². The lowest BCUT2D eigenvalue weighted by atomic mass is 10.2. The standard InChI is InChI=1S/C15H10BrN3OS/c16-8-13-14(18-15-19(13)5-6-21-15)20-11-7-10-3-1-2-4-12(10)17-9-11/h1-7,9H,8H2. The molecule has 4 nitrogen and oxygen atoms in total. The number of rotatable bonds is 3. The molecular formula is C15H10BrN3OS. The van der Waals surface area contributed by atoms with E-state index in [1.54, 1.807) is 17.5 Å². The molecule has 0 aliphatic heterocycles. The molecule has 6 heteroatoms. The van der Waals surface area contributed by atoms with Crippen LogP contribution >= 0.6 is 27.3 Å². The topological polar surface area (TPSA) is 39.4 Å². The Balaban J connectivity index is 1.76. The first-order valence-corrected chi connectivity index (χ1v) is 8.38. The number of fused-ring (bicyclic) bond motifs is 2. The number of thiazole rings is 1. The highest BCUT2D eigenvalue weighted by Gasteiger charge is 2.14. The first-order valence-electron chi connectivity index (χ1n) is 6.38. The Morgan fingerprint density at radius 2 is 2.19 bits per heavy atom. The van der Waals surface area contributed by atoms with Crippen LogP contribution in [0.4, 0.5) is 0 Å². The SMILES string of the molecule is BrCc1c(Oc2cnc3ccccc3c2)nc2sccn12. The number of aromatic nitrogens is 3. The predicted octanol–water partition coefficient (Wildman–Crippen LogP) is 4.63. The number of hydrogen-bond donors (Lipinski definition) is 0. The maximum atomic E-state index is 5.93. The minimum atomic E-state index is 0.621. The first kappa shape index (κ1) is 12.8. The molecule has 4 aromatic rings. The summed E-state index contributed by atoms with van der Waals surface area (Å²) >= 11 is 5.08. The van der Waals surface area contributed by atoms with Crippen LogP contribution in [0.25, 0.3) is 15.9 Å². The molecule has 0 unspecified atom stereocenters. The van der Waals surface area contributed by atoms with Crippen molar-refractivity contribution in [1.29, 1.82) is 0 Å². The molecule has 3 aromatic heterocycles. The highest BCUT2D eigenvalue weighted by Crippen LogP contribution is 2.30. The molecular weight excluding hydrogens is 350 g/mol. The Hall–Kier alpha value is -1.92. The van der Waals surface area contributed by atoms with Gasteiger partial charge in [-0.2, -0.15) is 4.98 Å². The number of nitrogens with zero attached hydrogens (tertiary/aromatic N) is 3. The molecule has 21 heavy (non-hydrogen) atoms. The molecule has 3 heterocycles. The zero-order valence-electron chi connectivity index (χ0n) is 10.9. The zero-order chi connectivity index (χ0) is 14.2. The van der Waals surface area contributed by atoms with Crippen molar-refractivity contribution >= 4 is 43.1 Å². The molecule has 1 aromatic carbocycles. The van der Waals surface area contributed by atoms with Gasteiger partial charge in [0.1, 0.15) is 5.75 Å². The number of benzene rings is 1. The Kier molecular flexibility index (Phi) is 3.12. The maximum absolute atomic E-state index is 5.93. The third-order valence-corrected chi connectivity index (χ3v) is 4.52. The van der Waals surface area contributed by atoms with Gasteiger partial charge in [-0.25, -0.2) is 0 Å². The van der Waals surface area contributed by atoms with E-state index in [0.29, 0.717) is 17.0 Å². The average Bonchev–Trinajstić information content (AvgIpc) is 3.07. The van der Waals surface area contributed by atoms with Crippen LogP contribution in [0.2, 0.25) is 0 Å². The van der Waals surface area contributed by atoms with Crippen LogP contribution in [0.3, 0.4) is 0 Å². The number of imidazole rings is 1. The number of halogens is 1. The summed E-state index contributed by atoms with van der Waals surface area (Å²) in [6, 6.07) is 9.95. The number of alkyl halides is 1. The van der Waals surface area contributed by atoms with Gasteiger partial charge in [0, 0.05) is 22.3 Å². The van der Waals surface area contributed by atoms with Crippen molar-refractivity contribution in [3.8, 4) is 11.6 Å². The molecule has 0 saturated heterocycles. The minimum Gasteiger partial charge on any atom is -0.436 e. The molecule has 4 rings (SSSR count). The van der Waals surface area contributed by atoms with Gasteiger partial charge < -0.3 is 4.74 Å². The molecule has 0 radical (unpaired) electrons. The molecule has 0 atom stereocenters. The van der Waals surface area contributed by atoms with E-state index in [2.05, 4.69) is 25.9 Å². The second-order valence-electron chi connectivity index (χ2n) is 4.52. The first-order chi connectivity index (χ1) is 10.3. The number of ether oxygens (including phenoxy) is 1. The molecule has 0 N–H and O–H groups in total. The second-order valence-corrected chi connectivity index (χ2v) is 5.95. The lowest BCUT2D eigenvalue weighted by Crippen LogP contribution is -1.91. The molecule has 0 saturated carbocycles. The Morgan fingerprint density at radius 3 is 3.10 bits per heavy atom. The molecule has 0 fully saturated rings. The monoisotopic (exact) mass is 359 g/mol. The Bertz CT molecular complexity index is 931.